The van der Waals surface area contributed by atoms with Gasteiger partial charge >= 0.3 is 0 Å². The normalized spacial score (nSPS) is 19.9. The van der Waals surface area contributed by atoms with E-state index in [-0.39, 0.29) is 6.04 Å². The largest absolute Gasteiger partial charge is 0.323 e. The molecule has 1 saturated carbocycles. The molecule has 1 fully saturated rings. The molecule has 2 nitrogen and oxygen atoms in total. The standard InChI is InChI=1S/C19H32N2/c1-4-21(17-13-9-6-10-14-17)19(15(2)3)18(20)16-11-7-5-8-12-16/h5,7-8,11-12,15,17-19H,4,6,9-10,13-14,20H2,1-3H3. The van der Waals surface area contributed by atoms with Crippen molar-refractivity contribution >= 4 is 0 Å². The van der Waals surface area contributed by atoms with Crippen LogP contribution in [0.5, 0.6) is 0 Å². The van der Waals surface area contributed by atoms with Crippen LogP contribution in [0.4, 0.5) is 0 Å². The van der Waals surface area contributed by atoms with Crippen molar-refractivity contribution in [3.8, 4) is 0 Å². The van der Waals surface area contributed by atoms with Crippen molar-refractivity contribution in [3.05, 3.63) is 35.9 Å². The third-order valence-corrected chi connectivity index (χ3v) is 5.03. The first-order valence-corrected chi connectivity index (χ1v) is 8.71. The monoisotopic (exact) mass is 288 g/mol. The molecule has 2 atom stereocenters. The van der Waals surface area contributed by atoms with E-state index in [4.69, 9.17) is 5.73 Å². The summed E-state index contributed by atoms with van der Waals surface area (Å²) in [5, 5.41) is 0. The fourth-order valence-electron chi connectivity index (χ4n) is 4.00. The van der Waals surface area contributed by atoms with Gasteiger partial charge in [-0.3, -0.25) is 4.90 Å². The minimum Gasteiger partial charge on any atom is -0.323 e. The number of likely N-dealkylation sites (N-methyl/N-ethyl adjacent to an activating group) is 1. The summed E-state index contributed by atoms with van der Waals surface area (Å²) in [6, 6.07) is 11.9. The summed E-state index contributed by atoms with van der Waals surface area (Å²) in [4.78, 5) is 2.70. The lowest BCUT2D eigenvalue weighted by Crippen LogP contribution is -2.51. The Morgan fingerprint density at radius 3 is 2.24 bits per heavy atom. The van der Waals surface area contributed by atoms with Gasteiger partial charge in [0.25, 0.3) is 0 Å². The second kappa shape index (κ2) is 7.95. The minimum atomic E-state index is 0.105. The lowest BCUT2D eigenvalue weighted by atomic mass is 9.86. The Kier molecular flexibility index (Phi) is 6.25. The highest BCUT2D eigenvalue weighted by molar-refractivity contribution is 5.20. The highest BCUT2D eigenvalue weighted by atomic mass is 15.2. The number of nitrogens with zero attached hydrogens (tertiary/aromatic N) is 1. The molecule has 0 bridgehead atoms. The van der Waals surface area contributed by atoms with Crippen molar-refractivity contribution in [3.63, 3.8) is 0 Å². The van der Waals surface area contributed by atoms with E-state index >= 15 is 0 Å². The van der Waals surface area contributed by atoms with Crippen LogP contribution in [0.25, 0.3) is 0 Å². The molecule has 0 saturated heterocycles. The van der Waals surface area contributed by atoms with Crippen molar-refractivity contribution in [2.45, 2.75) is 71.0 Å². The van der Waals surface area contributed by atoms with E-state index in [0.29, 0.717) is 12.0 Å². The van der Waals surface area contributed by atoms with Crippen molar-refractivity contribution in [2.24, 2.45) is 11.7 Å². The maximum Gasteiger partial charge on any atom is 0.0455 e. The summed E-state index contributed by atoms with van der Waals surface area (Å²) in [6.07, 6.45) is 6.86. The fourth-order valence-corrected chi connectivity index (χ4v) is 4.00. The van der Waals surface area contributed by atoms with E-state index < -0.39 is 0 Å². The van der Waals surface area contributed by atoms with Crippen LogP contribution < -0.4 is 5.73 Å². The predicted octanol–water partition coefficient (Wildman–Crippen LogP) is 4.37. The van der Waals surface area contributed by atoms with Crippen LogP contribution in [0.1, 0.15) is 64.5 Å². The van der Waals surface area contributed by atoms with Crippen LogP contribution >= 0.6 is 0 Å². The van der Waals surface area contributed by atoms with Crippen LogP contribution in [0.2, 0.25) is 0 Å². The van der Waals surface area contributed by atoms with Gasteiger partial charge in [0.05, 0.1) is 0 Å². The van der Waals surface area contributed by atoms with Gasteiger partial charge in [-0.2, -0.15) is 0 Å². The zero-order chi connectivity index (χ0) is 15.2. The molecule has 0 heterocycles. The molecule has 1 aliphatic rings. The van der Waals surface area contributed by atoms with Gasteiger partial charge in [-0.1, -0.05) is 70.4 Å². The van der Waals surface area contributed by atoms with Gasteiger partial charge in [0.15, 0.2) is 0 Å². The third kappa shape index (κ3) is 4.08. The Hall–Kier alpha value is -0.860. The summed E-state index contributed by atoms with van der Waals surface area (Å²) >= 11 is 0. The maximum absolute atomic E-state index is 6.68. The van der Waals surface area contributed by atoms with Crippen molar-refractivity contribution in [1.29, 1.82) is 0 Å². The average Bonchev–Trinajstić information content (AvgIpc) is 2.53. The molecular weight excluding hydrogens is 256 g/mol. The van der Waals surface area contributed by atoms with E-state index in [2.05, 4.69) is 56.0 Å². The van der Waals surface area contributed by atoms with Crippen LogP contribution in [0, 0.1) is 5.92 Å². The van der Waals surface area contributed by atoms with E-state index in [0.717, 1.165) is 12.6 Å². The van der Waals surface area contributed by atoms with Crippen LogP contribution in [-0.2, 0) is 0 Å². The molecule has 2 heteroatoms. The van der Waals surface area contributed by atoms with Gasteiger partial charge in [-0.25, -0.2) is 0 Å². The molecule has 2 unspecified atom stereocenters. The fraction of sp³-hybridized carbons (Fsp3) is 0.684. The molecule has 21 heavy (non-hydrogen) atoms. The topological polar surface area (TPSA) is 29.3 Å². The molecule has 0 aromatic heterocycles. The summed E-state index contributed by atoms with van der Waals surface area (Å²) in [5.74, 6) is 0.571. The molecule has 118 valence electrons. The third-order valence-electron chi connectivity index (χ3n) is 5.03. The van der Waals surface area contributed by atoms with Crippen molar-refractivity contribution in [1.82, 2.24) is 4.90 Å². The number of hydrogen-bond donors (Lipinski definition) is 1. The van der Waals surface area contributed by atoms with E-state index in [1.807, 2.05) is 0 Å². The van der Waals surface area contributed by atoms with Gasteiger partial charge in [-0.05, 0) is 30.9 Å². The van der Waals surface area contributed by atoms with E-state index in [1.54, 1.807) is 0 Å². The SMILES string of the molecule is CCN(C1CCCCC1)C(C(C)C)C(N)c1ccccc1. The zero-order valence-corrected chi connectivity index (χ0v) is 14.0. The number of rotatable bonds is 6. The van der Waals surface area contributed by atoms with E-state index in [1.165, 1.54) is 37.7 Å². The Bertz CT molecular complexity index is 395. The maximum atomic E-state index is 6.68. The average molecular weight is 288 g/mol. The quantitative estimate of drug-likeness (QED) is 0.842. The first-order valence-electron chi connectivity index (χ1n) is 8.71. The summed E-state index contributed by atoms with van der Waals surface area (Å²) < 4.78 is 0. The first kappa shape index (κ1) is 16.5. The number of nitrogens with two attached hydrogens (primary N) is 1. The molecule has 1 aromatic carbocycles. The van der Waals surface area contributed by atoms with Crippen molar-refractivity contribution in [2.75, 3.05) is 6.54 Å². The molecule has 1 aromatic rings. The smallest absolute Gasteiger partial charge is 0.0455 e. The second-order valence-corrected chi connectivity index (χ2v) is 6.79. The summed E-state index contributed by atoms with van der Waals surface area (Å²) in [7, 11) is 0. The molecule has 0 amide bonds. The van der Waals surface area contributed by atoms with Gasteiger partial charge in [-0.15, -0.1) is 0 Å². The second-order valence-electron chi connectivity index (χ2n) is 6.79. The summed E-state index contributed by atoms with van der Waals surface area (Å²) in [6.45, 7) is 8.04. The Balaban J connectivity index is 2.19. The number of benzene rings is 1. The van der Waals surface area contributed by atoms with Crippen LogP contribution in [0.15, 0.2) is 30.3 Å². The Labute approximate surface area is 130 Å². The van der Waals surface area contributed by atoms with Gasteiger partial charge in [0.2, 0.25) is 0 Å². The highest BCUT2D eigenvalue weighted by Gasteiger charge is 2.32. The Morgan fingerprint density at radius 2 is 1.71 bits per heavy atom. The Morgan fingerprint density at radius 1 is 1.10 bits per heavy atom. The number of hydrogen-bond acceptors (Lipinski definition) is 2. The molecule has 0 radical (unpaired) electrons. The highest BCUT2D eigenvalue weighted by Crippen LogP contribution is 2.31. The van der Waals surface area contributed by atoms with Crippen LogP contribution in [-0.4, -0.2) is 23.5 Å². The van der Waals surface area contributed by atoms with Gasteiger partial charge in [0.1, 0.15) is 0 Å². The van der Waals surface area contributed by atoms with Crippen molar-refractivity contribution < 1.29 is 0 Å². The molecule has 2 N–H and O–H groups in total. The molecule has 1 aliphatic carbocycles. The predicted molar refractivity (Wildman–Crippen MR) is 91.2 cm³/mol. The molecule has 2 rings (SSSR count). The van der Waals surface area contributed by atoms with Gasteiger partial charge in [0, 0.05) is 18.1 Å². The zero-order valence-electron chi connectivity index (χ0n) is 14.0. The first-order chi connectivity index (χ1) is 10.1. The lowest BCUT2D eigenvalue weighted by Gasteiger charge is -2.44. The van der Waals surface area contributed by atoms with Gasteiger partial charge < -0.3 is 5.73 Å². The summed E-state index contributed by atoms with van der Waals surface area (Å²) in [5.41, 5.74) is 7.95. The minimum absolute atomic E-state index is 0.105. The lowest BCUT2D eigenvalue weighted by molar-refractivity contribution is 0.0674. The van der Waals surface area contributed by atoms with Crippen LogP contribution in [0.3, 0.4) is 0 Å². The van der Waals surface area contributed by atoms with E-state index in [9.17, 15) is 0 Å². The molecular formula is C19H32N2. The molecule has 0 aliphatic heterocycles. The molecule has 0 spiro atoms.